The Morgan fingerprint density at radius 1 is 0.326 bits per heavy atom. The summed E-state index contributed by atoms with van der Waals surface area (Å²) in [5.41, 5.74) is 0. The second-order valence-electron chi connectivity index (χ2n) is 27.3. The van der Waals surface area contributed by atoms with Crippen molar-refractivity contribution in [3.8, 4) is 0 Å². The number of esters is 2. The van der Waals surface area contributed by atoms with Crippen molar-refractivity contribution in [1.82, 2.24) is 0 Å². The summed E-state index contributed by atoms with van der Waals surface area (Å²) in [6.45, 7) is 4.62. The molecule has 0 aromatic rings. The molecule has 0 N–H and O–H groups in total. The van der Waals surface area contributed by atoms with Gasteiger partial charge in [0.1, 0.15) is 13.2 Å². The summed E-state index contributed by atoms with van der Waals surface area (Å²) in [7, 11) is 5.93. The third kappa shape index (κ3) is 76.7. The summed E-state index contributed by atoms with van der Waals surface area (Å²) in [6.07, 6.45) is 106. The molecule has 2 atom stereocenters. The van der Waals surface area contributed by atoms with Gasteiger partial charge >= 0.3 is 11.9 Å². The van der Waals surface area contributed by atoms with Gasteiger partial charge in [-0.25, -0.2) is 0 Å². The third-order valence-electron chi connectivity index (χ3n) is 16.9. The van der Waals surface area contributed by atoms with Crippen LogP contribution in [0.1, 0.15) is 335 Å². The van der Waals surface area contributed by atoms with Gasteiger partial charge in [0.25, 0.3) is 0 Å². The van der Waals surface area contributed by atoms with Crippen LogP contribution in [0.15, 0.2) is 134 Å². The van der Waals surface area contributed by atoms with Crippen LogP contribution in [-0.4, -0.2) is 82.3 Å². The largest absolute Gasteiger partial charge is 0.545 e. The van der Waals surface area contributed by atoms with Crippen LogP contribution in [0.3, 0.4) is 0 Å². The van der Waals surface area contributed by atoms with E-state index in [0.29, 0.717) is 17.4 Å². The molecule has 9 heteroatoms. The molecule has 2 unspecified atom stereocenters. The molecule has 0 spiro atoms. The number of hydrogen-bond acceptors (Lipinski definition) is 8. The van der Waals surface area contributed by atoms with Crippen LogP contribution >= 0.6 is 0 Å². The zero-order valence-corrected chi connectivity index (χ0v) is 62.3. The molecule has 9 nitrogen and oxygen atoms in total. The Bertz CT molecular complexity index is 2030. The molecule has 0 aliphatic rings. The number of carbonyl (C=O) groups is 3. The number of carboxylic acids is 1. The number of carboxylic acid groups (broad SMARTS) is 1. The topological polar surface area (TPSA) is 111 Å². The third-order valence-corrected chi connectivity index (χ3v) is 16.9. The second-order valence-corrected chi connectivity index (χ2v) is 27.3. The Morgan fingerprint density at radius 3 is 0.895 bits per heavy atom. The first-order valence-corrected chi connectivity index (χ1v) is 39.3. The summed E-state index contributed by atoms with van der Waals surface area (Å²) in [5.74, 6) is -2.30. The van der Waals surface area contributed by atoms with Crippen molar-refractivity contribution in [2.75, 3.05) is 47.5 Å². The van der Waals surface area contributed by atoms with Crippen molar-refractivity contribution >= 4 is 17.9 Å². The molecule has 95 heavy (non-hydrogen) atoms. The Morgan fingerprint density at radius 2 is 0.600 bits per heavy atom. The lowest BCUT2D eigenvalue weighted by atomic mass is 10.0. The molecule has 0 saturated heterocycles. The molecule has 0 bridgehead atoms. The van der Waals surface area contributed by atoms with E-state index in [0.717, 1.165) is 122 Å². The fourth-order valence-electron chi connectivity index (χ4n) is 10.9. The molecular weight excluding hydrogens is 1170 g/mol. The average Bonchev–Trinajstić information content (AvgIpc) is 3.24. The Balaban J connectivity index is 4.06. The smallest absolute Gasteiger partial charge is 0.306 e. The molecular formula is C86H147NO8. The van der Waals surface area contributed by atoms with Gasteiger partial charge in [-0.3, -0.25) is 9.59 Å². The molecule has 0 aromatic carbocycles. The van der Waals surface area contributed by atoms with Crippen molar-refractivity contribution in [3.63, 3.8) is 0 Å². The molecule has 0 aromatic heterocycles. The number of likely N-dealkylation sites (N-methyl/N-ethyl adjacent to an activating group) is 1. The predicted molar refractivity (Wildman–Crippen MR) is 407 cm³/mol. The molecule has 0 saturated carbocycles. The van der Waals surface area contributed by atoms with E-state index in [1.54, 1.807) is 0 Å². The highest BCUT2D eigenvalue weighted by molar-refractivity contribution is 5.70. The summed E-state index contributed by atoms with van der Waals surface area (Å²) in [5, 5.41) is 11.9. The summed E-state index contributed by atoms with van der Waals surface area (Å²) < 4.78 is 22.8. The Hall–Kier alpha value is -4.57. The zero-order valence-electron chi connectivity index (χ0n) is 62.3. The van der Waals surface area contributed by atoms with E-state index < -0.39 is 24.3 Å². The standard InChI is InChI=1S/C86H147NO8/c1-6-8-10-12-14-16-18-20-22-24-26-28-30-32-34-36-38-39-40-41-42-43-44-45-47-48-50-52-54-56-58-60-62-64-66-68-70-72-74-76-83(88)93-80-82(81-94-86(85(90)91)92-79-78-87(3,4)5)95-84(89)77-75-73-71-69-67-65-63-61-59-57-55-53-51-49-46-37-35-33-31-29-27-25-23-21-19-17-15-13-11-9-7-2/h9,11,15,17-18,20-21,23-24,26-27,29-30,32-33,35,46,49,53,55,59,61,82,86H,6-8,10,12-14,16,19,22,25,28,31,34,36-45,47-48,50-52,54,56-58,60,62-81H2,1-5H3/b11-9-,17-15-,20-18-,23-21-,26-24-,29-27-,32-30-,35-33-,49-46-,55-53-,61-59-. The van der Waals surface area contributed by atoms with Crippen LogP contribution in [-0.2, 0) is 33.3 Å². The van der Waals surface area contributed by atoms with E-state index in [1.807, 2.05) is 21.1 Å². The van der Waals surface area contributed by atoms with Crippen LogP contribution in [0.2, 0.25) is 0 Å². The fraction of sp³-hybridized carbons (Fsp3) is 0.709. The van der Waals surface area contributed by atoms with E-state index in [4.69, 9.17) is 18.9 Å². The van der Waals surface area contributed by atoms with Crippen LogP contribution in [0, 0.1) is 0 Å². The van der Waals surface area contributed by atoms with E-state index in [1.165, 1.54) is 180 Å². The number of aliphatic carboxylic acids is 1. The van der Waals surface area contributed by atoms with Gasteiger partial charge in [0.15, 0.2) is 12.4 Å². The van der Waals surface area contributed by atoms with E-state index in [2.05, 4.69) is 148 Å². The van der Waals surface area contributed by atoms with Gasteiger partial charge in [0.05, 0.1) is 40.3 Å². The number of rotatable bonds is 72. The summed E-state index contributed by atoms with van der Waals surface area (Å²) in [6, 6.07) is 0. The maximum atomic E-state index is 13.0. The van der Waals surface area contributed by atoms with Gasteiger partial charge in [-0.1, -0.05) is 340 Å². The van der Waals surface area contributed by atoms with Gasteiger partial charge in [-0.2, -0.15) is 0 Å². The quantitative estimate of drug-likeness (QED) is 0.0195. The minimum absolute atomic E-state index is 0.139. The van der Waals surface area contributed by atoms with Crippen LogP contribution in [0.25, 0.3) is 0 Å². The van der Waals surface area contributed by atoms with Gasteiger partial charge < -0.3 is 33.3 Å². The summed E-state index contributed by atoms with van der Waals surface area (Å²) >= 11 is 0. The number of hydrogen-bond donors (Lipinski definition) is 0. The number of ether oxygens (including phenoxy) is 4. The molecule has 0 amide bonds. The van der Waals surface area contributed by atoms with Crippen molar-refractivity contribution in [1.29, 1.82) is 0 Å². The lowest BCUT2D eigenvalue weighted by molar-refractivity contribution is -0.870. The second kappa shape index (κ2) is 75.2. The number of unbranched alkanes of at least 4 members (excludes halogenated alkanes) is 35. The van der Waals surface area contributed by atoms with E-state index >= 15 is 0 Å². The highest BCUT2D eigenvalue weighted by Gasteiger charge is 2.22. The molecule has 0 fully saturated rings. The van der Waals surface area contributed by atoms with Gasteiger partial charge in [-0.05, 0) is 116 Å². The molecule has 0 heterocycles. The first-order valence-electron chi connectivity index (χ1n) is 39.3. The van der Waals surface area contributed by atoms with Crippen LogP contribution in [0.5, 0.6) is 0 Å². The fourth-order valence-corrected chi connectivity index (χ4v) is 10.9. The van der Waals surface area contributed by atoms with Crippen LogP contribution in [0.4, 0.5) is 0 Å². The Labute approximate surface area is 586 Å². The van der Waals surface area contributed by atoms with E-state index in [9.17, 15) is 19.5 Å². The SMILES string of the molecule is CC/C=C\C/C=C\C/C=C\C/C=C\C/C=C\C/C=C\C/C=C\C/C=C\CCCCCCCCC(=O)OC(COC(=O)CCCCCCCCCCCCCCCCCCCCCCCCCC/C=C\C/C=C\C/C=C\CCCCCCC)COC(OCC[N+](C)(C)C)C(=O)[O-]. The highest BCUT2D eigenvalue weighted by Crippen LogP contribution is 2.18. The molecule has 0 aliphatic carbocycles. The minimum Gasteiger partial charge on any atom is -0.545 e. The minimum atomic E-state index is -1.63. The molecule has 0 aliphatic heterocycles. The van der Waals surface area contributed by atoms with Crippen molar-refractivity contribution in [2.45, 2.75) is 347 Å². The highest BCUT2D eigenvalue weighted by atomic mass is 16.7. The zero-order chi connectivity index (χ0) is 69.0. The maximum Gasteiger partial charge on any atom is 0.306 e. The van der Waals surface area contributed by atoms with Crippen LogP contribution < -0.4 is 5.11 Å². The summed E-state index contributed by atoms with van der Waals surface area (Å²) in [4.78, 5) is 37.6. The number of carbonyl (C=O) groups excluding carboxylic acids is 3. The molecule has 544 valence electrons. The maximum absolute atomic E-state index is 13.0. The first-order chi connectivity index (χ1) is 46.6. The van der Waals surface area contributed by atoms with Crippen molar-refractivity contribution in [3.05, 3.63) is 134 Å². The first kappa shape index (κ1) is 90.4. The molecule has 0 radical (unpaired) electrons. The van der Waals surface area contributed by atoms with E-state index in [-0.39, 0.29) is 38.6 Å². The van der Waals surface area contributed by atoms with Crippen molar-refractivity contribution < 1.29 is 42.9 Å². The van der Waals surface area contributed by atoms with Gasteiger partial charge in [0, 0.05) is 12.8 Å². The normalized spacial score (nSPS) is 13.4. The lowest BCUT2D eigenvalue weighted by Crippen LogP contribution is -2.44. The average molecular weight is 1320 g/mol. The number of nitrogens with zero attached hydrogens (tertiary/aromatic N) is 1. The number of allylic oxidation sites excluding steroid dienone is 22. The number of quaternary nitrogens is 1. The van der Waals surface area contributed by atoms with Crippen molar-refractivity contribution in [2.24, 2.45) is 0 Å². The predicted octanol–water partition coefficient (Wildman–Crippen LogP) is 23.9. The van der Waals surface area contributed by atoms with Gasteiger partial charge in [-0.15, -0.1) is 0 Å². The molecule has 0 rings (SSSR count). The Kier molecular flexibility index (Phi) is 71.6. The lowest BCUT2D eigenvalue weighted by Gasteiger charge is -2.26. The van der Waals surface area contributed by atoms with Gasteiger partial charge in [0.2, 0.25) is 0 Å². The monoisotopic (exact) mass is 1320 g/mol.